The van der Waals surface area contributed by atoms with Gasteiger partial charge in [-0.05, 0) is 47.9 Å². The molecule has 4 amide bonds. The standard InChI is InChI=1S/C22H23N5O4/c28-20-6-5-19(25-20)21(29)26-12-18(13-26)31-17-3-1-16(2-4-17)24-22(30)27-10-14-7-8-23-9-15(14)11-27/h1-4,7-9,18-19H,5-6,10-13H2,(H,24,30)(H,25,28)/t19-/m1/s1. The highest BCUT2D eigenvalue weighted by molar-refractivity contribution is 5.91. The second-order valence-electron chi connectivity index (χ2n) is 8.10. The first-order chi connectivity index (χ1) is 15.0. The Bertz CT molecular complexity index is 994. The van der Waals surface area contributed by atoms with Crippen LogP contribution in [0.1, 0.15) is 24.0 Å². The number of nitrogens with one attached hydrogen (secondary N) is 2. The zero-order chi connectivity index (χ0) is 21.4. The summed E-state index contributed by atoms with van der Waals surface area (Å²) >= 11 is 0. The minimum Gasteiger partial charge on any atom is -0.487 e. The van der Waals surface area contributed by atoms with Crippen molar-refractivity contribution in [2.45, 2.75) is 38.1 Å². The van der Waals surface area contributed by atoms with Crippen LogP contribution in [0.3, 0.4) is 0 Å². The molecule has 2 N–H and O–H groups in total. The number of urea groups is 1. The van der Waals surface area contributed by atoms with Crippen molar-refractivity contribution in [2.24, 2.45) is 0 Å². The molecule has 0 saturated carbocycles. The van der Waals surface area contributed by atoms with Gasteiger partial charge < -0.3 is 25.2 Å². The van der Waals surface area contributed by atoms with Crippen LogP contribution in [-0.2, 0) is 22.7 Å². The van der Waals surface area contributed by atoms with Crippen molar-refractivity contribution < 1.29 is 19.1 Å². The molecule has 1 aromatic heterocycles. The fourth-order valence-electron chi connectivity index (χ4n) is 4.09. The molecule has 1 atom stereocenters. The Morgan fingerprint density at radius 2 is 1.84 bits per heavy atom. The lowest BCUT2D eigenvalue weighted by atomic mass is 10.1. The molecule has 0 aliphatic carbocycles. The van der Waals surface area contributed by atoms with Crippen LogP contribution in [0.5, 0.6) is 5.75 Å². The van der Waals surface area contributed by atoms with Crippen LogP contribution in [-0.4, -0.2) is 57.9 Å². The number of aromatic nitrogens is 1. The topological polar surface area (TPSA) is 104 Å². The zero-order valence-electron chi connectivity index (χ0n) is 16.9. The largest absolute Gasteiger partial charge is 0.487 e. The van der Waals surface area contributed by atoms with Crippen LogP contribution in [0.4, 0.5) is 10.5 Å². The van der Waals surface area contributed by atoms with Crippen molar-refractivity contribution in [2.75, 3.05) is 18.4 Å². The number of anilines is 1. The molecular weight excluding hydrogens is 398 g/mol. The van der Waals surface area contributed by atoms with Gasteiger partial charge in [0.05, 0.1) is 13.1 Å². The highest BCUT2D eigenvalue weighted by Gasteiger charge is 2.38. The number of amides is 4. The van der Waals surface area contributed by atoms with E-state index in [9.17, 15) is 14.4 Å². The summed E-state index contributed by atoms with van der Waals surface area (Å²) in [6.45, 7) is 2.14. The number of carbonyl (C=O) groups is 3. The highest BCUT2D eigenvalue weighted by atomic mass is 16.5. The zero-order valence-corrected chi connectivity index (χ0v) is 16.9. The normalized spacial score (nSPS) is 20.1. The van der Waals surface area contributed by atoms with Crippen LogP contribution >= 0.6 is 0 Å². The third kappa shape index (κ3) is 4.03. The lowest BCUT2D eigenvalue weighted by molar-refractivity contribution is -0.142. The number of nitrogens with zero attached hydrogens (tertiary/aromatic N) is 3. The smallest absolute Gasteiger partial charge is 0.322 e. The summed E-state index contributed by atoms with van der Waals surface area (Å²) in [5.41, 5.74) is 2.88. The van der Waals surface area contributed by atoms with Crippen LogP contribution < -0.4 is 15.4 Å². The molecule has 2 fully saturated rings. The molecule has 9 nitrogen and oxygen atoms in total. The minimum atomic E-state index is -0.393. The molecule has 0 spiro atoms. The van der Waals surface area contributed by atoms with E-state index in [-0.39, 0.29) is 23.9 Å². The lowest BCUT2D eigenvalue weighted by Crippen LogP contribution is -2.59. The second kappa shape index (κ2) is 7.90. The molecule has 2 saturated heterocycles. The first-order valence-corrected chi connectivity index (χ1v) is 10.4. The Hall–Kier alpha value is -3.62. The number of hydrogen-bond donors (Lipinski definition) is 2. The van der Waals surface area contributed by atoms with Gasteiger partial charge in [-0.3, -0.25) is 14.6 Å². The molecule has 160 valence electrons. The molecular formula is C22H23N5O4. The number of hydrogen-bond acceptors (Lipinski definition) is 5. The number of ether oxygens (including phenoxy) is 1. The fraction of sp³-hybridized carbons (Fsp3) is 0.364. The molecule has 1 aromatic carbocycles. The predicted octanol–water partition coefficient (Wildman–Crippen LogP) is 1.50. The number of carbonyl (C=O) groups excluding carboxylic acids is 3. The van der Waals surface area contributed by atoms with E-state index in [0.29, 0.717) is 50.5 Å². The summed E-state index contributed by atoms with van der Waals surface area (Å²) < 4.78 is 5.91. The van der Waals surface area contributed by atoms with E-state index < -0.39 is 6.04 Å². The maximum absolute atomic E-state index is 12.5. The van der Waals surface area contributed by atoms with Gasteiger partial charge in [0, 0.05) is 37.6 Å². The molecule has 0 radical (unpaired) electrons. The van der Waals surface area contributed by atoms with E-state index in [2.05, 4.69) is 15.6 Å². The predicted molar refractivity (Wildman–Crippen MR) is 111 cm³/mol. The maximum atomic E-state index is 12.5. The average Bonchev–Trinajstić information content (AvgIpc) is 3.37. The summed E-state index contributed by atoms with van der Waals surface area (Å²) in [5, 5.41) is 5.61. The van der Waals surface area contributed by atoms with Gasteiger partial charge in [-0.15, -0.1) is 0 Å². The molecule has 31 heavy (non-hydrogen) atoms. The monoisotopic (exact) mass is 421 g/mol. The number of benzene rings is 1. The molecule has 5 rings (SSSR count). The average molecular weight is 421 g/mol. The van der Waals surface area contributed by atoms with Crippen LogP contribution in [0, 0.1) is 0 Å². The van der Waals surface area contributed by atoms with Crippen molar-refractivity contribution in [3.8, 4) is 5.75 Å². The van der Waals surface area contributed by atoms with Gasteiger partial charge >= 0.3 is 6.03 Å². The van der Waals surface area contributed by atoms with E-state index in [1.165, 1.54) is 0 Å². The van der Waals surface area contributed by atoms with Gasteiger partial charge in [-0.1, -0.05) is 0 Å². The molecule has 3 aliphatic heterocycles. The number of likely N-dealkylation sites (tertiary alicyclic amines) is 1. The van der Waals surface area contributed by atoms with E-state index in [1.807, 2.05) is 6.07 Å². The quantitative estimate of drug-likeness (QED) is 0.779. The molecule has 0 unspecified atom stereocenters. The number of pyridine rings is 1. The second-order valence-corrected chi connectivity index (χ2v) is 8.10. The van der Waals surface area contributed by atoms with E-state index in [0.717, 1.165) is 11.1 Å². The Morgan fingerprint density at radius 1 is 1.06 bits per heavy atom. The first-order valence-electron chi connectivity index (χ1n) is 10.4. The van der Waals surface area contributed by atoms with Crippen molar-refractivity contribution in [1.29, 1.82) is 0 Å². The van der Waals surface area contributed by atoms with E-state index >= 15 is 0 Å². The van der Waals surface area contributed by atoms with Crippen LogP contribution in [0.2, 0.25) is 0 Å². The van der Waals surface area contributed by atoms with Gasteiger partial charge in [0.25, 0.3) is 0 Å². The Balaban J connectivity index is 1.08. The fourth-order valence-corrected chi connectivity index (χ4v) is 4.09. The Morgan fingerprint density at radius 3 is 2.55 bits per heavy atom. The summed E-state index contributed by atoms with van der Waals surface area (Å²) in [5.74, 6) is 0.581. The molecule has 2 aromatic rings. The Kier molecular flexibility index (Phi) is 4.93. The van der Waals surface area contributed by atoms with Gasteiger partial charge in [0.15, 0.2) is 0 Å². The summed E-state index contributed by atoms with van der Waals surface area (Å²) in [6, 6.07) is 8.60. The number of fused-ring (bicyclic) bond motifs is 1. The summed E-state index contributed by atoms with van der Waals surface area (Å²) in [6.07, 6.45) is 4.44. The van der Waals surface area contributed by atoms with Gasteiger partial charge in [-0.2, -0.15) is 0 Å². The molecule has 9 heteroatoms. The van der Waals surface area contributed by atoms with Crippen LogP contribution in [0.25, 0.3) is 0 Å². The van der Waals surface area contributed by atoms with Crippen LogP contribution in [0.15, 0.2) is 42.7 Å². The SMILES string of the molecule is O=C1CC[C@H](C(=O)N2CC(Oc3ccc(NC(=O)N4Cc5ccncc5C4)cc3)C2)N1. The summed E-state index contributed by atoms with van der Waals surface area (Å²) in [4.78, 5) is 43.7. The number of rotatable bonds is 4. The van der Waals surface area contributed by atoms with Gasteiger partial charge in [-0.25, -0.2) is 4.79 Å². The van der Waals surface area contributed by atoms with Crippen molar-refractivity contribution in [3.05, 3.63) is 53.9 Å². The third-order valence-corrected chi connectivity index (χ3v) is 5.88. The van der Waals surface area contributed by atoms with Gasteiger partial charge in [0.1, 0.15) is 17.9 Å². The highest BCUT2D eigenvalue weighted by Crippen LogP contribution is 2.24. The van der Waals surface area contributed by atoms with Crippen molar-refractivity contribution >= 4 is 23.5 Å². The van der Waals surface area contributed by atoms with E-state index in [4.69, 9.17) is 4.74 Å². The van der Waals surface area contributed by atoms with E-state index in [1.54, 1.807) is 46.5 Å². The Labute approximate surface area is 179 Å². The van der Waals surface area contributed by atoms with Crippen molar-refractivity contribution in [1.82, 2.24) is 20.1 Å². The first kappa shape index (κ1) is 19.3. The molecule has 3 aliphatic rings. The third-order valence-electron chi connectivity index (χ3n) is 5.88. The summed E-state index contributed by atoms with van der Waals surface area (Å²) in [7, 11) is 0. The molecule has 0 bridgehead atoms. The minimum absolute atomic E-state index is 0.0383. The maximum Gasteiger partial charge on any atom is 0.322 e. The lowest BCUT2D eigenvalue weighted by Gasteiger charge is -2.40. The van der Waals surface area contributed by atoms with Gasteiger partial charge in [0.2, 0.25) is 11.8 Å². The molecule has 4 heterocycles. The van der Waals surface area contributed by atoms with Crippen molar-refractivity contribution in [3.63, 3.8) is 0 Å².